The number of carbonyl (C=O) groups excluding carboxylic acids is 1. The number of hydrogen-bond acceptors (Lipinski definition) is 4. The van der Waals surface area contributed by atoms with Crippen molar-refractivity contribution in [3.05, 3.63) is 35.9 Å². The van der Waals surface area contributed by atoms with Crippen LogP contribution in [0.1, 0.15) is 32.3 Å². The van der Waals surface area contributed by atoms with E-state index in [1.807, 2.05) is 18.7 Å². The molecule has 7 heteroatoms. The summed E-state index contributed by atoms with van der Waals surface area (Å²) in [5.41, 5.74) is 0.795. The quantitative estimate of drug-likeness (QED) is 0.681. The number of piperidine rings is 1. The second-order valence-electron chi connectivity index (χ2n) is 6.25. The largest absolute Gasteiger partial charge is 0.381 e. The molecule has 0 aliphatic carbocycles. The minimum atomic E-state index is -3.45. The molecule has 0 aromatic heterocycles. The van der Waals surface area contributed by atoms with Crippen LogP contribution in [0, 0.1) is 0 Å². The lowest BCUT2D eigenvalue weighted by Gasteiger charge is -2.30. The molecular formula is C19H28N2O4S. The summed E-state index contributed by atoms with van der Waals surface area (Å²) in [6, 6.07) is 6.61. The van der Waals surface area contributed by atoms with E-state index < -0.39 is 10.0 Å². The zero-order valence-corrected chi connectivity index (χ0v) is 16.5. The molecule has 1 aromatic rings. The van der Waals surface area contributed by atoms with Gasteiger partial charge in [-0.2, -0.15) is 4.31 Å². The van der Waals surface area contributed by atoms with Gasteiger partial charge in [0.05, 0.1) is 11.0 Å². The van der Waals surface area contributed by atoms with Crippen molar-refractivity contribution >= 4 is 22.0 Å². The minimum Gasteiger partial charge on any atom is -0.381 e. The molecule has 6 nitrogen and oxygen atoms in total. The van der Waals surface area contributed by atoms with E-state index in [4.69, 9.17) is 4.74 Å². The first-order valence-corrected chi connectivity index (χ1v) is 10.5. The second kappa shape index (κ2) is 9.30. The molecule has 0 unspecified atom stereocenters. The molecule has 144 valence electrons. The van der Waals surface area contributed by atoms with E-state index in [9.17, 15) is 13.2 Å². The highest BCUT2D eigenvalue weighted by atomic mass is 32.2. The van der Waals surface area contributed by atoms with Gasteiger partial charge in [0, 0.05) is 39.4 Å². The van der Waals surface area contributed by atoms with Gasteiger partial charge in [0.25, 0.3) is 0 Å². The average Bonchev–Trinajstić information content (AvgIpc) is 2.67. The molecule has 2 rings (SSSR count). The van der Waals surface area contributed by atoms with Crippen LogP contribution in [0.25, 0.3) is 6.08 Å². The number of ether oxygens (including phenoxy) is 1. The van der Waals surface area contributed by atoms with Gasteiger partial charge in [-0.15, -0.1) is 0 Å². The van der Waals surface area contributed by atoms with Crippen LogP contribution in [0.2, 0.25) is 0 Å². The summed E-state index contributed by atoms with van der Waals surface area (Å²) in [5, 5.41) is 0. The first-order chi connectivity index (χ1) is 12.4. The Kier molecular flexibility index (Phi) is 7.37. The molecule has 0 radical (unpaired) electrons. The van der Waals surface area contributed by atoms with Crippen LogP contribution in [0.4, 0.5) is 0 Å². The molecule has 0 N–H and O–H groups in total. The number of hydrogen-bond donors (Lipinski definition) is 0. The summed E-state index contributed by atoms with van der Waals surface area (Å²) in [6.45, 7) is 5.91. The molecule has 1 amide bonds. The van der Waals surface area contributed by atoms with Gasteiger partial charge in [-0.1, -0.05) is 26.0 Å². The predicted octanol–water partition coefficient (Wildman–Crippen LogP) is 2.37. The lowest BCUT2D eigenvalue weighted by atomic mass is 10.1. The van der Waals surface area contributed by atoms with Crippen LogP contribution < -0.4 is 0 Å². The summed E-state index contributed by atoms with van der Waals surface area (Å²) >= 11 is 0. The van der Waals surface area contributed by atoms with Gasteiger partial charge in [-0.25, -0.2) is 8.42 Å². The molecule has 1 fully saturated rings. The Balaban J connectivity index is 2.00. The molecule has 1 aliphatic heterocycles. The lowest BCUT2D eigenvalue weighted by molar-refractivity contribution is -0.128. The van der Waals surface area contributed by atoms with Crippen LogP contribution in [-0.4, -0.2) is 62.9 Å². The zero-order valence-electron chi connectivity index (χ0n) is 15.7. The van der Waals surface area contributed by atoms with E-state index >= 15 is 0 Å². The third-order valence-corrected chi connectivity index (χ3v) is 6.79. The maximum Gasteiger partial charge on any atom is 0.246 e. The van der Waals surface area contributed by atoms with Gasteiger partial charge in [0.2, 0.25) is 15.9 Å². The Hall–Kier alpha value is -1.70. The Morgan fingerprint density at radius 3 is 2.27 bits per heavy atom. The van der Waals surface area contributed by atoms with Gasteiger partial charge in [-0.3, -0.25) is 4.79 Å². The number of rotatable bonds is 7. The Morgan fingerprint density at radius 1 is 1.19 bits per heavy atom. The van der Waals surface area contributed by atoms with Gasteiger partial charge in [0.1, 0.15) is 0 Å². The molecule has 0 bridgehead atoms. The first-order valence-electron chi connectivity index (χ1n) is 9.02. The normalized spacial score (nSPS) is 16.5. The van der Waals surface area contributed by atoms with Crippen molar-refractivity contribution in [2.45, 2.75) is 37.7 Å². The van der Waals surface area contributed by atoms with Crippen LogP contribution in [0.5, 0.6) is 0 Å². The van der Waals surface area contributed by atoms with Crippen molar-refractivity contribution in [3.63, 3.8) is 0 Å². The van der Waals surface area contributed by atoms with Crippen LogP contribution in [0.15, 0.2) is 35.2 Å². The molecule has 1 aliphatic rings. The minimum absolute atomic E-state index is 0.0283. The van der Waals surface area contributed by atoms with Crippen molar-refractivity contribution in [2.75, 3.05) is 33.3 Å². The number of methoxy groups -OCH3 is 1. The molecule has 0 atom stereocenters. The number of nitrogens with zero attached hydrogens (tertiary/aromatic N) is 2. The van der Waals surface area contributed by atoms with Crippen molar-refractivity contribution in [1.82, 2.24) is 9.21 Å². The van der Waals surface area contributed by atoms with E-state index in [0.717, 1.165) is 18.4 Å². The number of likely N-dealkylation sites (tertiary alicyclic amines) is 1. The highest BCUT2D eigenvalue weighted by molar-refractivity contribution is 7.89. The Morgan fingerprint density at radius 2 is 1.77 bits per heavy atom. The molecule has 1 aromatic carbocycles. The van der Waals surface area contributed by atoms with Crippen LogP contribution >= 0.6 is 0 Å². The van der Waals surface area contributed by atoms with E-state index in [1.54, 1.807) is 43.5 Å². The fraction of sp³-hybridized carbons (Fsp3) is 0.526. The molecule has 1 heterocycles. The SMILES string of the molecule is CCN(CC)S(=O)(=O)c1ccc(/C=C/C(=O)N2CCC(OC)CC2)cc1. The van der Waals surface area contributed by atoms with Gasteiger partial charge in [-0.05, 0) is 36.6 Å². The van der Waals surface area contributed by atoms with Crippen molar-refractivity contribution in [1.29, 1.82) is 0 Å². The van der Waals surface area contributed by atoms with E-state index in [0.29, 0.717) is 26.2 Å². The third-order valence-electron chi connectivity index (χ3n) is 4.73. The number of carbonyl (C=O) groups is 1. The maximum atomic E-state index is 12.5. The summed E-state index contributed by atoms with van der Waals surface area (Å²) in [6.07, 6.45) is 5.21. The summed E-state index contributed by atoms with van der Waals surface area (Å²) in [7, 11) is -1.75. The fourth-order valence-electron chi connectivity index (χ4n) is 3.05. The fourth-order valence-corrected chi connectivity index (χ4v) is 4.51. The topological polar surface area (TPSA) is 66.9 Å². The second-order valence-corrected chi connectivity index (χ2v) is 8.19. The van der Waals surface area contributed by atoms with E-state index in [1.165, 1.54) is 4.31 Å². The summed E-state index contributed by atoms with van der Waals surface area (Å²) in [4.78, 5) is 14.3. The Bertz CT molecular complexity index is 716. The number of benzene rings is 1. The summed E-state index contributed by atoms with van der Waals surface area (Å²) < 4.78 is 31.7. The number of amides is 1. The van der Waals surface area contributed by atoms with Crippen molar-refractivity contribution in [3.8, 4) is 0 Å². The number of sulfonamides is 1. The molecule has 0 spiro atoms. The predicted molar refractivity (Wildman–Crippen MR) is 102 cm³/mol. The monoisotopic (exact) mass is 380 g/mol. The van der Waals surface area contributed by atoms with Crippen molar-refractivity contribution in [2.24, 2.45) is 0 Å². The Labute approximate surface area is 156 Å². The first kappa shape index (κ1) is 20.6. The smallest absolute Gasteiger partial charge is 0.246 e. The van der Waals surface area contributed by atoms with E-state index in [-0.39, 0.29) is 16.9 Å². The zero-order chi connectivity index (χ0) is 19.2. The lowest BCUT2D eigenvalue weighted by Crippen LogP contribution is -2.39. The van der Waals surface area contributed by atoms with E-state index in [2.05, 4.69) is 0 Å². The molecular weight excluding hydrogens is 352 g/mol. The van der Waals surface area contributed by atoms with Crippen molar-refractivity contribution < 1.29 is 17.9 Å². The summed E-state index contributed by atoms with van der Waals surface area (Å²) in [5.74, 6) is -0.0283. The molecule has 26 heavy (non-hydrogen) atoms. The molecule has 1 saturated heterocycles. The van der Waals surface area contributed by atoms with Gasteiger partial charge in [0.15, 0.2) is 0 Å². The average molecular weight is 381 g/mol. The van der Waals surface area contributed by atoms with Crippen LogP contribution in [0.3, 0.4) is 0 Å². The molecule has 0 saturated carbocycles. The van der Waals surface area contributed by atoms with Crippen LogP contribution in [-0.2, 0) is 19.6 Å². The highest BCUT2D eigenvalue weighted by Crippen LogP contribution is 2.17. The maximum absolute atomic E-state index is 12.5. The van der Waals surface area contributed by atoms with Gasteiger partial charge < -0.3 is 9.64 Å². The standard InChI is InChI=1S/C19H28N2O4S/c1-4-21(5-2)26(23,24)18-9-6-16(7-10-18)8-11-19(22)20-14-12-17(25-3)13-15-20/h6-11,17H,4-5,12-15H2,1-3H3/b11-8+. The highest BCUT2D eigenvalue weighted by Gasteiger charge is 2.22. The van der Waals surface area contributed by atoms with Gasteiger partial charge >= 0.3 is 0 Å². The third kappa shape index (κ3) is 4.93.